The average Bonchev–Trinajstić information content (AvgIpc) is 3.56. The third-order valence-corrected chi connectivity index (χ3v) is 9.28. The summed E-state index contributed by atoms with van der Waals surface area (Å²) >= 11 is 6.59. The summed E-state index contributed by atoms with van der Waals surface area (Å²) in [5.41, 5.74) is 0. The minimum absolute atomic E-state index is 0.406. The second kappa shape index (κ2) is 10.8. The van der Waals surface area contributed by atoms with Gasteiger partial charge in [0.05, 0.1) is 26.4 Å². The molecule has 0 N–H and O–H groups in total. The molecule has 0 radical (unpaired) electrons. The van der Waals surface area contributed by atoms with Gasteiger partial charge >= 0.3 is 9.05 Å². The zero-order valence-corrected chi connectivity index (χ0v) is 19.8. The van der Waals surface area contributed by atoms with Gasteiger partial charge in [0.15, 0.2) is 0 Å². The standard InChI is InChI=1S/C20H20O4S4Si/c1-5-17(25-9-1)13-21-29(22-14-18-6-2-10-26-18,23-15-19-7-3-11-27-19)24-16-20-8-4-12-28-20/h1-12H,13-16H2. The maximum atomic E-state index is 6.27. The average molecular weight is 481 g/mol. The molecule has 0 bridgehead atoms. The molecule has 4 rings (SSSR count). The Morgan fingerprint density at radius 2 is 0.759 bits per heavy atom. The molecule has 0 unspecified atom stereocenters. The van der Waals surface area contributed by atoms with Crippen LogP contribution < -0.4 is 0 Å². The van der Waals surface area contributed by atoms with E-state index in [2.05, 4.69) is 0 Å². The van der Waals surface area contributed by atoms with Crippen LogP contribution in [-0.2, 0) is 44.1 Å². The van der Waals surface area contributed by atoms with Gasteiger partial charge in [-0.15, -0.1) is 45.3 Å². The summed E-state index contributed by atoms with van der Waals surface area (Å²) in [7, 11) is -3.39. The molecule has 29 heavy (non-hydrogen) atoms. The van der Waals surface area contributed by atoms with Crippen molar-refractivity contribution < 1.29 is 17.7 Å². The molecule has 0 spiro atoms. The fourth-order valence-electron chi connectivity index (χ4n) is 2.47. The van der Waals surface area contributed by atoms with Crippen LogP contribution in [0.4, 0.5) is 0 Å². The van der Waals surface area contributed by atoms with Crippen molar-refractivity contribution in [1.82, 2.24) is 0 Å². The molecule has 4 nitrogen and oxygen atoms in total. The van der Waals surface area contributed by atoms with Gasteiger partial charge in [-0.1, -0.05) is 24.3 Å². The van der Waals surface area contributed by atoms with E-state index in [0.29, 0.717) is 26.4 Å². The van der Waals surface area contributed by atoms with Crippen LogP contribution in [0.3, 0.4) is 0 Å². The quantitative estimate of drug-likeness (QED) is 0.216. The van der Waals surface area contributed by atoms with Crippen LogP contribution in [0.15, 0.2) is 70.1 Å². The Balaban J connectivity index is 1.51. The second-order valence-corrected chi connectivity index (χ2v) is 12.3. The van der Waals surface area contributed by atoms with E-state index >= 15 is 0 Å². The lowest BCUT2D eigenvalue weighted by atomic mass is 10.5. The lowest BCUT2D eigenvalue weighted by molar-refractivity contribution is -0.0504. The largest absolute Gasteiger partial charge is 0.681 e. The van der Waals surface area contributed by atoms with Crippen LogP contribution in [0.2, 0.25) is 0 Å². The van der Waals surface area contributed by atoms with Gasteiger partial charge in [0, 0.05) is 19.5 Å². The molecule has 0 aliphatic carbocycles. The Morgan fingerprint density at radius 1 is 0.483 bits per heavy atom. The normalized spacial score (nSPS) is 11.9. The van der Waals surface area contributed by atoms with Gasteiger partial charge in [-0.25, -0.2) is 0 Å². The fourth-order valence-corrected chi connectivity index (χ4v) is 7.18. The highest BCUT2D eigenvalue weighted by Crippen LogP contribution is 2.25. The van der Waals surface area contributed by atoms with Crippen molar-refractivity contribution in [2.24, 2.45) is 0 Å². The molecule has 0 aliphatic heterocycles. The van der Waals surface area contributed by atoms with Crippen molar-refractivity contribution in [3.63, 3.8) is 0 Å². The lowest BCUT2D eigenvalue weighted by Gasteiger charge is -2.27. The van der Waals surface area contributed by atoms with Crippen molar-refractivity contribution >= 4 is 54.4 Å². The van der Waals surface area contributed by atoms with E-state index in [4.69, 9.17) is 17.7 Å². The number of hydrogen-bond donors (Lipinski definition) is 0. The second-order valence-electron chi connectivity index (χ2n) is 5.97. The van der Waals surface area contributed by atoms with E-state index in [0.717, 1.165) is 19.5 Å². The highest BCUT2D eigenvalue weighted by atomic mass is 32.1. The van der Waals surface area contributed by atoms with E-state index in [-0.39, 0.29) is 0 Å². The predicted molar refractivity (Wildman–Crippen MR) is 122 cm³/mol. The maximum absolute atomic E-state index is 6.27. The van der Waals surface area contributed by atoms with E-state index in [1.807, 2.05) is 70.1 Å². The van der Waals surface area contributed by atoms with Crippen molar-refractivity contribution in [2.75, 3.05) is 0 Å². The van der Waals surface area contributed by atoms with Crippen LogP contribution in [0.5, 0.6) is 0 Å². The first-order valence-electron chi connectivity index (χ1n) is 8.97. The Bertz CT molecular complexity index is 763. The molecule has 4 aromatic rings. The zero-order valence-electron chi connectivity index (χ0n) is 15.5. The van der Waals surface area contributed by atoms with Gasteiger partial charge in [-0.3, -0.25) is 0 Å². The molecule has 0 atom stereocenters. The van der Waals surface area contributed by atoms with E-state index in [1.54, 1.807) is 45.3 Å². The number of rotatable bonds is 12. The topological polar surface area (TPSA) is 36.9 Å². The summed E-state index contributed by atoms with van der Waals surface area (Å²) in [6.07, 6.45) is 0. The molecule has 152 valence electrons. The van der Waals surface area contributed by atoms with Crippen LogP contribution in [-0.4, -0.2) is 9.05 Å². The summed E-state index contributed by atoms with van der Waals surface area (Å²) < 4.78 is 25.1. The minimum Gasteiger partial charge on any atom is -0.346 e. The number of hydrogen-bond acceptors (Lipinski definition) is 8. The van der Waals surface area contributed by atoms with Gasteiger partial charge < -0.3 is 17.7 Å². The zero-order chi connectivity index (χ0) is 19.8. The molecule has 0 aliphatic rings. The first-order valence-corrected chi connectivity index (χ1v) is 14.1. The summed E-state index contributed by atoms with van der Waals surface area (Å²) in [5.74, 6) is 0. The third-order valence-electron chi connectivity index (χ3n) is 3.89. The van der Waals surface area contributed by atoms with Crippen molar-refractivity contribution in [1.29, 1.82) is 0 Å². The Labute approximate surface area is 187 Å². The molecule has 4 aromatic heterocycles. The Kier molecular flexibility index (Phi) is 7.83. The first-order chi connectivity index (χ1) is 14.3. The summed E-state index contributed by atoms with van der Waals surface area (Å²) in [6, 6.07) is 16.2. The molecule has 0 saturated carbocycles. The van der Waals surface area contributed by atoms with E-state index < -0.39 is 9.05 Å². The molecular weight excluding hydrogens is 461 g/mol. The van der Waals surface area contributed by atoms with Gasteiger partial charge in [0.25, 0.3) is 0 Å². The highest BCUT2D eigenvalue weighted by Gasteiger charge is 2.46. The van der Waals surface area contributed by atoms with Crippen LogP contribution in [0.25, 0.3) is 0 Å². The van der Waals surface area contributed by atoms with E-state index in [9.17, 15) is 0 Å². The smallest absolute Gasteiger partial charge is 0.346 e. The maximum Gasteiger partial charge on any atom is 0.681 e. The third kappa shape index (κ3) is 6.42. The first kappa shape index (κ1) is 21.1. The Hall–Kier alpha value is -1.14. The number of thiophene rings is 4. The van der Waals surface area contributed by atoms with Gasteiger partial charge in [0.1, 0.15) is 0 Å². The van der Waals surface area contributed by atoms with Crippen LogP contribution in [0, 0.1) is 0 Å². The molecule has 0 fully saturated rings. The molecule has 0 aromatic carbocycles. The van der Waals surface area contributed by atoms with Crippen LogP contribution >= 0.6 is 45.3 Å². The van der Waals surface area contributed by atoms with Crippen molar-refractivity contribution in [2.45, 2.75) is 26.4 Å². The summed E-state index contributed by atoms with van der Waals surface area (Å²) in [5, 5.41) is 8.14. The molecule has 0 amide bonds. The molecular formula is C20H20O4S4Si. The predicted octanol–water partition coefficient (Wildman–Crippen LogP) is 6.54. The summed E-state index contributed by atoms with van der Waals surface area (Å²) in [4.78, 5) is 4.45. The minimum atomic E-state index is -3.39. The van der Waals surface area contributed by atoms with Crippen LogP contribution in [0.1, 0.15) is 19.5 Å². The fraction of sp³-hybridized carbons (Fsp3) is 0.200. The molecule has 4 heterocycles. The van der Waals surface area contributed by atoms with Gasteiger partial charge in [-0.05, 0) is 45.8 Å². The SMILES string of the molecule is c1csc(CO[Si](OCc2cccs2)(OCc2cccs2)OCc2cccs2)c1. The lowest BCUT2D eigenvalue weighted by Crippen LogP contribution is -2.48. The molecule has 0 saturated heterocycles. The van der Waals surface area contributed by atoms with Crippen molar-refractivity contribution in [3.05, 3.63) is 89.6 Å². The molecule has 9 heteroatoms. The van der Waals surface area contributed by atoms with Crippen molar-refractivity contribution in [3.8, 4) is 0 Å². The monoisotopic (exact) mass is 480 g/mol. The Morgan fingerprint density at radius 3 is 0.966 bits per heavy atom. The van der Waals surface area contributed by atoms with E-state index in [1.165, 1.54) is 0 Å². The van der Waals surface area contributed by atoms with Gasteiger partial charge in [-0.2, -0.15) is 0 Å². The summed E-state index contributed by atoms with van der Waals surface area (Å²) in [6.45, 7) is 1.62. The highest BCUT2D eigenvalue weighted by molar-refractivity contribution is 7.10. The van der Waals surface area contributed by atoms with Gasteiger partial charge in [0.2, 0.25) is 0 Å².